The van der Waals surface area contributed by atoms with Gasteiger partial charge in [-0.2, -0.15) is 13.2 Å². The van der Waals surface area contributed by atoms with E-state index in [1.165, 1.54) is 18.6 Å². The van der Waals surface area contributed by atoms with Crippen molar-refractivity contribution >= 4 is 5.91 Å². The Kier molecular flexibility index (Phi) is 6.72. The van der Waals surface area contributed by atoms with Crippen LogP contribution >= 0.6 is 0 Å². The van der Waals surface area contributed by atoms with Gasteiger partial charge in [-0.15, -0.1) is 0 Å². The summed E-state index contributed by atoms with van der Waals surface area (Å²) >= 11 is 0. The Morgan fingerprint density at radius 2 is 1.36 bits per heavy atom. The Bertz CT molecular complexity index is 1070. The Morgan fingerprint density at radius 1 is 0.818 bits per heavy atom. The van der Waals surface area contributed by atoms with E-state index in [4.69, 9.17) is 10.5 Å². The molecule has 1 fully saturated rings. The van der Waals surface area contributed by atoms with E-state index in [2.05, 4.69) is 0 Å². The molecule has 1 saturated carbocycles. The number of alkyl halides is 3. The maximum absolute atomic E-state index is 12.8. The molecule has 6 heteroatoms. The quantitative estimate of drug-likeness (QED) is 0.430. The highest BCUT2D eigenvalue weighted by Crippen LogP contribution is 2.38. The highest BCUT2D eigenvalue weighted by Gasteiger charge is 2.30. The first kappa shape index (κ1) is 22.9. The summed E-state index contributed by atoms with van der Waals surface area (Å²) in [5.74, 6) is 0.600. The third kappa shape index (κ3) is 5.56. The second-order valence-electron chi connectivity index (χ2n) is 8.52. The molecule has 3 nitrogen and oxygen atoms in total. The van der Waals surface area contributed by atoms with E-state index < -0.39 is 17.6 Å². The second kappa shape index (κ2) is 9.69. The fraction of sp³-hybridized carbons (Fsp3) is 0.296. The van der Waals surface area contributed by atoms with Crippen LogP contribution in [0.4, 0.5) is 13.2 Å². The van der Waals surface area contributed by atoms with Crippen LogP contribution < -0.4 is 10.5 Å². The van der Waals surface area contributed by atoms with Crippen molar-refractivity contribution in [1.82, 2.24) is 0 Å². The Morgan fingerprint density at radius 3 is 1.88 bits per heavy atom. The molecule has 1 aliphatic carbocycles. The minimum Gasteiger partial charge on any atom is -0.485 e. The fourth-order valence-corrected chi connectivity index (χ4v) is 4.43. The van der Waals surface area contributed by atoms with Crippen molar-refractivity contribution in [2.45, 2.75) is 44.4 Å². The second-order valence-corrected chi connectivity index (χ2v) is 8.52. The molecule has 172 valence electrons. The molecule has 0 saturated heterocycles. The summed E-state index contributed by atoms with van der Waals surface area (Å²) in [6, 6.07) is 19.8. The Labute approximate surface area is 191 Å². The van der Waals surface area contributed by atoms with Crippen molar-refractivity contribution in [2.24, 2.45) is 11.7 Å². The lowest BCUT2D eigenvalue weighted by Gasteiger charge is -2.31. The topological polar surface area (TPSA) is 52.3 Å². The zero-order valence-corrected chi connectivity index (χ0v) is 18.1. The van der Waals surface area contributed by atoms with Crippen LogP contribution in [0.3, 0.4) is 0 Å². The van der Waals surface area contributed by atoms with Gasteiger partial charge in [0.15, 0.2) is 0 Å². The molecule has 0 aliphatic heterocycles. The molecule has 0 radical (unpaired) electrons. The maximum Gasteiger partial charge on any atom is 0.416 e. The zero-order chi connectivity index (χ0) is 23.4. The van der Waals surface area contributed by atoms with Gasteiger partial charge < -0.3 is 10.5 Å². The number of benzene rings is 3. The number of halogens is 3. The third-order valence-corrected chi connectivity index (χ3v) is 6.26. The summed E-state index contributed by atoms with van der Waals surface area (Å²) in [6.45, 7) is 0. The average molecular weight is 454 g/mol. The van der Waals surface area contributed by atoms with Crippen LogP contribution in [0.5, 0.6) is 5.75 Å². The van der Waals surface area contributed by atoms with Gasteiger partial charge in [0.1, 0.15) is 11.9 Å². The summed E-state index contributed by atoms with van der Waals surface area (Å²) < 4.78 is 44.9. The van der Waals surface area contributed by atoms with Crippen LogP contribution in [0.25, 0.3) is 11.1 Å². The fourth-order valence-electron chi connectivity index (χ4n) is 4.43. The van der Waals surface area contributed by atoms with E-state index in [9.17, 15) is 18.0 Å². The van der Waals surface area contributed by atoms with Gasteiger partial charge in [0.2, 0.25) is 5.91 Å². The molecular formula is C27H26F3NO2. The summed E-state index contributed by atoms with van der Waals surface area (Å²) in [5.41, 5.74) is 7.69. The SMILES string of the molecule is NC(=O)c1ccc(C(Oc2ccc(-c3ccc(C(F)(F)F)cc3)cc2)C2CCCCC2)cc1. The molecule has 3 aromatic carbocycles. The molecule has 3 aromatic rings. The lowest BCUT2D eigenvalue weighted by atomic mass is 9.82. The molecule has 0 bridgehead atoms. The maximum atomic E-state index is 12.8. The predicted octanol–water partition coefficient (Wildman–Crippen LogP) is 7.17. The summed E-state index contributed by atoms with van der Waals surface area (Å²) in [5, 5.41) is 0. The van der Waals surface area contributed by atoms with Crippen LogP contribution in [0.1, 0.15) is 59.7 Å². The number of hydrogen-bond donors (Lipinski definition) is 1. The number of carbonyl (C=O) groups is 1. The van der Waals surface area contributed by atoms with Crippen LogP contribution in [-0.2, 0) is 6.18 Å². The summed E-state index contributed by atoms with van der Waals surface area (Å²) in [4.78, 5) is 11.4. The first-order chi connectivity index (χ1) is 15.8. The van der Waals surface area contributed by atoms with Crippen molar-refractivity contribution in [3.63, 3.8) is 0 Å². The third-order valence-electron chi connectivity index (χ3n) is 6.26. The van der Waals surface area contributed by atoms with Crippen molar-refractivity contribution < 1.29 is 22.7 Å². The van der Waals surface area contributed by atoms with Gasteiger partial charge in [0.25, 0.3) is 0 Å². The highest BCUT2D eigenvalue weighted by atomic mass is 19.4. The summed E-state index contributed by atoms with van der Waals surface area (Å²) in [6.07, 6.45) is 1.21. The van der Waals surface area contributed by atoms with Gasteiger partial charge in [0.05, 0.1) is 5.56 Å². The van der Waals surface area contributed by atoms with E-state index in [-0.39, 0.29) is 6.10 Å². The molecule has 33 heavy (non-hydrogen) atoms. The number of carbonyl (C=O) groups excluding carboxylic acids is 1. The predicted molar refractivity (Wildman–Crippen MR) is 122 cm³/mol. The van der Waals surface area contributed by atoms with Gasteiger partial charge in [-0.05, 0) is 65.9 Å². The van der Waals surface area contributed by atoms with Crippen molar-refractivity contribution in [2.75, 3.05) is 0 Å². The smallest absolute Gasteiger partial charge is 0.416 e. The van der Waals surface area contributed by atoms with Crippen LogP contribution in [-0.4, -0.2) is 5.91 Å². The van der Waals surface area contributed by atoms with Crippen LogP contribution in [0, 0.1) is 5.92 Å². The van der Waals surface area contributed by atoms with E-state index in [1.807, 2.05) is 36.4 Å². The van der Waals surface area contributed by atoms with Gasteiger partial charge >= 0.3 is 6.18 Å². The standard InChI is InChI=1S/C27H26F3NO2/c28-27(29,30)23-14-10-18(11-15-23)19-12-16-24(17-13-19)33-25(20-4-2-1-3-5-20)21-6-8-22(9-7-21)26(31)32/h6-17,20,25H,1-5H2,(H2,31,32). The highest BCUT2D eigenvalue weighted by molar-refractivity contribution is 5.92. The van der Waals surface area contributed by atoms with Gasteiger partial charge in [-0.1, -0.05) is 55.7 Å². The lowest BCUT2D eigenvalue weighted by Crippen LogP contribution is -2.21. The van der Waals surface area contributed by atoms with Crippen LogP contribution in [0.2, 0.25) is 0 Å². The number of amides is 1. The number of ether oxygens (including phenoxy) is 1. The molecule has 1 amide bonds. The van der Waals surface area contributed by atoms with Gasteiger partial charge in [-0.3, -0.25) is 4.79 Å². The molecule has 0 aromatic heterocycles. The molecule has 1 aliphatic rings. The number of nitrogens with two attached hydrogens (primary N) is 1. The van der Waals surface area contributed by atoms with Gasteiger partial charge in [0, 0.05) is 11.5 Å². The zero-order valence-electron chi connectivity index (χ0n) is 18.1. The van der Waals surface area contributed by atoms with Crippen molar-refractivity contribution in [3.8, 4) is 16.9 Å². The average Bonchev–Trinajstić information content (AvgIpc) is 2.83. The minimum atomic E-state index is -4.35. The summed E-state index contributed by atoms with van der Waals surface area (Å²) in [7, 11) is 0. The molecule has 1 atom stereocenters. The van der Waals surface area contributed by atoms with Crippen molar-refractivity contribution in [3.05, 3.63) is 89.5 Å². The molecule has 0 spiro atoms. The Balaban J connectivity index is 1.54. The van der Waals surface area contributed by atoms with E-state index in [0.717, 1.165) is 48.9 Å². The Hall–Kier alpha value is -3.28. The van der Waals surface area contributed by atoms with E-state index in [1.54, 1.807) is 12.1 Å². The monoisotopic (exact) mass is 453 g/mol. The molecule has 4 rings (SSSR count). The number of primary amides is 1. The molecule has 0 heterocycles. The van der Waals surface area contributed by atoms with Crippen molar-refractivity contribution in [1.29, 1.82) is 0 Å². The minimum absolute atomic E-state index is 0.149. The van der Waals surface area contributed by atoms with E-state index >= 15 is 0 Å². The van der Waals surface area contributed by atoms with Crippen LogP contribution in [0.15, 0.2) is 72.8 Å². The van der Waals surface area contributed by atoms with E-state index in [0.29, 0.717) is 22.8 Å². The first-order valence-corrected chi connectivity index (χ1v) is 11.2. The first-order valence-electron chi connectivity index (χ1n) is 11.2. The molecular weight excluding hydrogens is 427 g/mol. The largest absolute Gasteiger partial charge is 0.485 e. The lowest BCUT2D eigenvalue weighted by molar-refractivity contribution is -0.137. The number of hydrogen-bond acceptors (Lipinski definition) is 2. The molecule has 2 N–H and O–H groups in total. The number of rotatable bonds is 6. The van der Waals surface area contributed by atoms with Gasteiger partial charge in [-0.25, -0.2) is 0 Å². The molecule has 1 unspecified atom stereocenters. The normalized spacial score (nSPS) is 15.7.